The van der Waals surface area contributed by atoms with Gasteiger partial charge in [-0.25, -0.2) is 4.98 Å². The number of fused-ring (bicyclic) bond motifs is 1. The molecule has 0 saturated carbocycles. The molecule has 0 aliphatic heterocycles. The number of aromatic nitrogens is 2. The molecule has 0 aliphatic carbocycles. The number of hydrogen-bond acceptors (Lipinski definition) is 2. The van der Waals surface area contributed by atoms with Gasteiger partial charge >= 0.3 is 0 Å². The maximum Gasteiger partial charge on any atom is 0.121 e. The molecular formula is C16H16N2O. The van der Waals surface area contributed by atoms with Crippen molar-refractivity contribution in [2.75, 3.05) is 0 Å². The molecule has 0 aliphatic rings. The first-order chi connectivity index (χ1) is 9.31. The Balaban J connectivity index is 2.14. The van der Waals surface area contributed by atoms with Crippen molar-refractivity contribution < 1.29 is 5.11 Å². The van der Waals surface area contributed by atoms with E-state index in [9.17, 15) is 5.11 Å². The molecule has 2 aromatic carbocycles. The number of benzene rings is 2. The van der Waals surface area contributed by atoms with E-state index >= 15 is 0 Å². The molecule has 1 aromatic heterocycles. The number of aliphatic hydroxyl groups is 1. The molecule has 1 atom stereocenters. The zero-order valence-electron chi connectivity index (χ0n) is 10.8. The highest BCUT2D eigenvalue weighted by molar-refractivity contribution is 5.86. The maximum absolute atomic E-state index is 10.6. The van der Waals surface area contributed by atoms with Gasteiger partial charge in [0.25, 0.3) is 0 Å². The third kappa shape index (κ3) is 2.02. The van der Waals surface area contributed by atoms with E-state index in [2.05, 4.69) is 17.1 Å². The Kier molecular flexibility index (Phi) is 3.05. The number of imidazole rings is 1. The van der Waals surface area contributed by atoms with Crippen LogP contribution in [0, 0.1) is 0 Å². The zero-order valence-corrected chi connectivity index (χ0v) is 10.8. The summed E-state index contributed by atoms with van der Waals surface area (Å²) in [6.45, 7) is 2.85. The molecule has 0 spiro atoms. The second-order valence-electron chi connectivity index (χ2n) is 4.58. The highest BCUT2D eigenvalue weighted by atomic mass is 16.3. The van der Waals surface area contributed by atoms with Gasteiger partial charge in [0.05, 0.1) is 18.2 Å². The summed E-state index contributed by atoms with van der Waals surface area (Å²) in [5.41, 5.74) is 1.76. The van der Waals surface area contributed by atoms with E-state index in [0.29, 0.717) is 0 Å². The van der Waals surface area contributed by atoms with E-state index in [4.69, 9.17) is 0 Å². The number of rotatable bonds is 3. The van der Waals surface area contributed by atoms with Crippen molar-refractivity contribution in [2.45, 2.75) is 19.6 Å². The normalized spacial score (nSPS) is 12.7. The molecule has 19 heavy (non-hydrogen) atoms. The number of nitrogens with zero attached hydrogens (tertiary/aromatic N) is 2. The van der Waals surface area contributed by atoms with E-state index in [0.717, 1.165) is 28.6 Å². The second kappa shape index (κ2) is 4.86. The fourth-order valence-corrected chi connectivity index (χ4v) is 2.47. The van der Waals surface area contributed by atoms with Crippen LogP contribution in [0.15, 0.2) is 55.0 Å². The first-order valence-electron chi connectivity index (χ1n) is 6.47. The van der Waals surface area contributed by atoms with E-state index in [1.54, 1.807) is 12.5 Å². The van der Waals surface area contributed by atoms with Crippen molar-refractivity contribution in [1.82, 2.24) is 9.55 Å². The van der Waals surface area contributed by atoms with Gasteiger partial charge < -0.3 is 9.67 Å². The Bertz CT molecular complexity index is 697. The van der Waals surface area contributed by atoms with Crippen LogP contribution in [0.3, 0.4) is 0 Å². The van der Waals surface area contributed by atoms with Crippen LogP contribution in [0.25, 0.3) is 10.8 Å². The Labute approximate surface area is 112 Å². The largest absolute Gasteiger partial charge is 0.382 e. The maximum atomic E-state index is 10.6. The molecule has 0 fully saturated rings. The van der Waals surface area contributed by atoms with Crippen LogP contribution in [0.4, 0.5) is 0 Å². The molecule has 1 heterocycles. The summed E-state index contributed by atoms with van der Waals surface area (Å²) >= 11 is 0. The van der Waals surface area contributed by atoms with Crippen LogP contribution < -0.4 is 0 Å². The summed E-state index contributed by atoms with van der Waals surface area (Å²) in [5.74, 6) is 0. The minimum absolute atomic E-state index is 0.645. The van der Waals surface area contributed by atoms with Crippen LogP contribution in [-0.2, 0) is 6.54 Å². The first kappa shape index (κ1) is 11.9. The molecule has 96 valence electrons. The molecule has 3 heteroatoms. The molecule has 0 amide bonds. The molecule has 0 bridgehead atoms. The van der Waals surface area contributed by atoms with Crippen LogP contribution in [0.5, 0.6) is 0 Å². The summed E-state index contributed by atoms with van der Waals surface area (Å²) in [6.07, 6.45) is 2.84. The third-order valence-electron chi connectivity index (χ3n) is 3.48. The van der Waals surface area contributed by atoms with Gasteiger partial charge in [0.15, 0.2) is 0 Å². The van der Waals surface area contributed by atoms with Crippen molar-refractivity contribution in [3.63, 3.8) is 0 Å². The van der Waals surface area contributed by atoms with Gasteiger partial charge in [-0.05, 0) is 23.3 Å². The number of aliphatic hydroxyl groups excluding tert-OH is 1. The molecule has 3 aromatic rings. The van der Waals surface area contributed by atoms with Crippen LogP contribution in [0.1, 0.15) is 24.3 Å². The molecular weight excluding hydrogens is 236 g/mol. The van der Waals surface area contributed by atoms with Crippen molar-refractivity contribution >= 4 is 10.8 Å². The second-order valence-corrected chi connectivity index (χ2v) is 4.58. The fraction of sp³-hybridized carbons (Fsp3) is 0.188. The van der Waals surface area contributed by atoms with E-state index in [1.807, 2.05) is 41.8 Å². The summed E-state index contributed by atoms with van der Waals surface area (Å²) in [4.78, 5) is 4.12. The van der Waals surface area contributed by atoms with Crippen LogP contribution in [-0.4, -0.2) is 14.7 Å². The van der Waals surface area contributed by atoms with Crippen molar-refractivity contribution in [3.05, 3.63) is 66.2 Å². The average molecular weight is 252 g/mol. The van der Waals surface area contributed by atoms with Crippen LogP contribution >= 0.6 is 0 Å². The Morgan fingerprint density at radius 1 is 1.16 bits per heavy atom. The van der Waals surface area contributed by atoms with Gasteiger partial charge in [0.1, 0.15) is 6.10 Å². The molecule has 1 N–H and O–H groups in total. The minimum atomic E-state index is -0.645. The third-order valence-corrected chi connectivity index (χ3v) is 3.48. The van der Waals surface area contributed by atoms with Gasteiger partial charge in [0, 0.05) is 6.54 Å². The van der Waals surface area contributed by atoms with E-state index < -0.39 is 6.10 Å². The SMILES string of the molecule is CCn1cncc1C(O)c1cccc2ccccc12. The summed E-state index contributed by atoms with van der Waals surface area (Å²) in [6, 6.07) is 14.1. The summed E-state index contributed by atoms with van der Waals surface area (Å²) < 4.78 is 1.96. The van der Waals surface area contributed by atoms with Crippen molar-refractivity contribution in [1.29, 1.82) is 0 Å². The highest BCUT2D eigenvalue weighted by Gasteiger charge is 2.16. The van der Waals surface area contributed by atoms with E-state index in [-0.39, 0.29) is 0 Å². The van der Waals surface area contributed by atoms with Crippen molar-refractivity contribution in [2.24, 2.45) is 0 Å². The Hall–Kier alpha value is -2.13. The van der Waals surface area contributed by atoms with Gasteiger partial charge in [-0.1, -0.05) is 42.5 Å². The summed E-state index contributed by atoms with van der Waals surface area (Å²) in [5, 5.41) is 12.9. The molecule has 0 radical (unpaired) electrons. The lowest BCUT2D eigenvalue weighted by Gasteiger charge is -2.15. The molecule has 1 unspecified atom stereocenters. The average Bonchev–Trinajstić information content (AvgIpc) is 2.94. The predicted molar refractivity (Wildman–Crippen MR) is 75.9 cm³/mol. The van der Waals surface area contributed by atoms with Gasteiger partial charge in [0.2, 0.25) is 0 Å². The highest BCUT2D eigenvalue weighted by Crippen LogP contribution is 2.28. The lowest BCUT2D eigenvalue weighted by Crippen LogP contribution is -2.07. The smallest absolute Gasteiger partial charge is 0.121 e. The predicted octanol–water partition coefficient (Wildman–Crippen LogP) is 3.14. The zero-order chi connectivity index (χ0) is 13.2. The topological polar surface area (TPSA) is 38.0 Å². The van der Waals surface area contributed by atoms with Gasteiger partial charge in [-0.3, -0.25) is 0 Å². The molecule has 3 nitrogen and oxygen atoms in total. The lowest BCUT2D eigenvalue weighted by atomic mass is 9.99. The van der Waals surface area contributed by atoms with Gasteiger partial charge in [-0.15, -0.1) is 0 Å². The quantitative estimate of drug-likeness (QED) is 0.777. The fourth-order valence-electron chi connectivity index (χ4n) is 2.47. The summed E-state index contributed by atoms with van der Waals surface area (Å²) in [7, 11) is 0. The molecule has 3 rings (SSSR count). The Morgan fingerprint density at radius 3 is 2.79 bits per heavy atom. The van der Waals surface area contributed by atoms with Gasteiger partial charge in [-0.2, -0.15) is 0 Å². The Morgan fingerprint density at radius 2 is 1.95 bits per heavy atom. The monoisotopic (exact) mass is 252 g/mol. The first-order valence-corrected chi connectivity index (χ1v) is 6.47. The number of hydrogen-bond donors (Lipinski definition) is 1. The van der Waals surface area contributed by atoms with Crippen molar-refractivity contribution in [3.8, 4) is 0 Å². The minimum Gasteiger partial charge on any atom is -0.382 e. The standard InChI is InChI=1S/C16H16N2O/c1-2-18-11-17-10-15(18)16(19)14-9-5-7-12-6-3-4-8-13(12)14/h3-11,16,19H,2H2,1H3. The van der Waals surface area contributed by atoms with E-state index in [1.165, 1.54) is 0 Å². The van der Waals surface area contributed by atoms with Crippen LogP contribution in [0.2, 0.25) is 0 Å². The number of aryl methyl sites for hydroxylation is 1. The molecule has 0 saturated heterocycles. The lowest BCUT2D eigenvalue weighted by molar-refractivity contribution is 0.211.